The van der Waals surface area contributed by atoms with Crippen molar-refractivity contribution < 1.29 is 27.6 Å². The molecule has 0 saturated heterocycles. The average molecular weight is 406 g/mol. The molecule has 0 atom stereocenters. The molecule has 0 fully saturated rings. The fourth-order valence-electron chi connectivity index (χ4n) is 2.28. The first-order valence-corrected chi connectivity index (χ1v) is 9.78. The molecule has 0 spiro atoms. The lowest BCUT2D eigenvalue weighted by atomic mass is 10.2. The number of nitrogens with zero attached hydrogens (tertiary/aromatic N) is 2. The molecule has 0 aliphatic carbocycles. The number of rotatable bonds is 8. The molecule has 0 N–H and O–H groups in total. The van der Waals surface area contributed by atoms with Crippen LogP contribution in [-0.2, 0) is 30.9 Å². The van der Waals surface area contributed by atoms with E-state index in [4.69, 9.17) is 4.74 Å². The summed E-state index contributed by atoms with van der Waals surface area (Å²) in [4.78, 5) is 30.3. The Labute approximate surface area is 164 Å². The highest BCUT2D eigenvalue weighted by Crippen LogP contribution is 2.15. The highest BCUT2D eigenvalue weighted by Gasteiger charge is 2.21. The number of ether oxygens (including phenoxy) is 1. The van der Waals surface area contributed by atoms with Gasteiger partial charge in [-0.25, -0.2) is 13.2 Å². The van der Waals surface area contributed by atoms with E-state index in [0.29, 0.717) is 11.0 Å². The molecule has 9 heteroatoms. The number of amides is 1. The predicted octanol–water partition coefficient (Wildman–Crippen LogP) is 1.68. The highest BCUT2D eigenvalue weighted by molar-refractivity contribution is 7.89. The smallest absolute Gasteiger partial charge is 0.338 e. The molecule has 0 saturated carbocycles. The zero-order valence-electron chi connectivity index (χ0n) is 15.9. The van der Waals surface area contributed by atoms with Crippen LogP contribution in [0.4, 0.5) is 0 Å². The van der Waals surface area contributed by atoms with E-state index < -0.39 is 22.6 Å². The Morgan fingerprint density at radius 3 is 2.14 bits per heavy atom. The summed E-state index contributed by atoms with van der Waals surface area (Å²) in [5.41, 5.74) is 1.10. The molecule has 2 rings (SSSR count). The third-order valence-corrected chi connectivity index (χ3v) is 5.69. The van der Waals surface area contributed by atoms with Crippen molar-refractivity contribution in [3.8, 4) is 0 Å². The fourth-order valence-corrected chi connectivity index (χ4v) is 3.25. The van der Waals surface area contributed by atoms with E-state index in [0.717, 1.165) is 5.56 Å². The molecule has 28 heavy (non-hydrogen) atoms. The summed E-state index contributed by atoms with van der Waals surface area (Å²) in [5, 5.41) is 0. The van der Waals surface area contributed by atoms with Crippen molar-refractivity contribution in [2.24, 2.45) is 0 Å². The van der Waals surface area contributed by atoms with Crippen LogP contribution in [0.3, 0.4) is 0 Å². The molecule has 8 nitrogen and oxygen atoms in total. The number of carbonyl (C=O) groups excluding carboxylic acids is 2. The maximum atomic E-state index is 12.1. The van der Waals surface area contributed by atoms with Crippen LogP contribution >= 0.6 is 0 Å². The molecule has 0 radical (unpaired) electrons. The van der Waals surface area contributed by atoms with Crippen molar-refractivity contribution in [1.82, 2.24) is 9.37 Å². The summed E-state index contributed by atoms with van der Waals surface area (Å²) >= 11 is 0. The topological polar surface area (TPSA) is 93.2 Å². The van der Waals surface area contributed by atoms with Gasteiger partial charge in [-0.15, -0.1) is 0 Å². The van der Waals surface area contributed by atoms with Gasteiger partial charge in [0.15, 0.2) is 6.61 Å². The summed E-state index contributed by atoms with van der Waals surface area (Å²) in [7, 11) is 0.310. The van der Waals surface area contributed by atoms with Crippen molar-refractivity contribution in [2.75, 3.05) is 27.8 Å². The first-order valence-electron chi connectivity index (χ1n) is 8.34. The van der Waals surface area contributed by atoms with Gasteiger partial charge >= 0.3 is 5.97 Å². The third-order valence-electron chi connectivity index (χ3n) is 4.00. The standard InChI is InChI=1S/C19H22N2O6S/c1-20(13-15-7-5-4-6-8-15)18(22)14-27-19(23)16-9-11-17(12-10-16)28(24,25)21(2)26-3/h4-12H,13-14H2,1-3H3. The quantitative estimate of drug-likeness (QED) is 0.489. The Kier molecular flexibility index (Phi) is 7.27. The van der Waals surface area contributed by atoms with Gasteiger partial charge in [-0.3, -0.25) is 9.63 Å². The minimum atomic E-state index is -3.80. The van der Waals surface area contributed by atoms with E-state index in [1.165, 1.54) is 43.3 Å². The zero-order chi connectivity index (χ0) is 20.7. The van der Waals surface area contributed by atoms with Gasteiger partial charge in [-0.1, -0.05) is 34.8 Å². The first kappa shape index (κ1) is 21.5. The van der Waals surface area contributed by atoms with E-state index in [1.54, 1.807) is 7.05 Å². The molecule has 0 aliphatic heterocycles. The molecule has 2 aromatic rings. The monoisotopic (exact) mass is 406 g/mol. The molecule has 0 bridgehead atoms. The SMILES string of the molecule is CON(C)S(=O)(=O)c1ccc(C(=O)OCC(=O)N(C)Cc2ccccc2)cc1. The maximum absolute atomic E-state index is 12.1. The Bertz CT molecular complexity index is 913. The summed E-state index contributed by atoms with van der Waals surface area (Å²) in [6.07, 6.45) is 0. The summed E-state index contributed by atoms with van der Waals surface area (Å²) < 4.78 is 30.0. The normalized spacial score (nSPS) is 11.3. The summed E-state index contributed by atoms with van der Waals surface area (Å²) in [6.45, 7) is -0.00850. The highest BCUT2D eigenvalue weighted by atomic mass is 32.2. The molecule has 0 heterocycles. The Morgan fingerprint density at radius 2 is 1.57 bits per heavy atom. The molecular weight excluding hydrogens is 384 g/mol. The zero-order valence-corrected chi connectivity index (χ0v) is 16.7. The number of sulfonamides is 1. The Hall–Kier alpha value is -2.75. The lowest BCUT2D eigenvalue weighted by molar-refractivity contribution is -0.133. The van der Waals surface area contributed by atoms with E-state index in [9.17, 15) is 18.0 Å². The van der Waals surface area contributed by atoms with Crippen LogP contribution in [-0.4, -0.2) is 57.5 Å². The van der Waals surface area contributed by atoms with Crippen LogP contribution in [0.15, 0.2) is 59.5 Å². The Balaban J connectivity index is 1.93. The van der Waals surface area contributed by atoms with Crippen LogP contribution in [0.1, 0.15) is 15.9 Å². The van der Waals surface area contributed by atoms with Crippen molar-refractivity contribution in [3.63, 3.8) is 0 Å². The van der Waals surface area contributed by atoms with Crippen molar-refractivity contribution >= 4 is 21.9 Å². The van der Waals surface area contributed by atoms with Gasteiger partial charge in [0.25, 0.3) is 15.9 Å². The lowest BCUT2D eigenvalue weighted by Crippen LogP contribution is -2.30. The van der Waals surface area contributed by atoms with Crippen molar-refractivity contribution in [2.45, 2.75) is 11.4 Å². The van der Waals surface area contributed by atoms with E-state index in [2.05, 4.69) is 4.84 Å². The minimum absolute atomic E-state index is 0.0351. The van der Waals surface area contributed by atoms with Crippen molar-refractivity contribution in [1.29, 1.82) is 0 Å². The molecule has 0 aliphatic rings. The van der Waals surface area contributed by atoms with Crippen LogP contribution in [0, 0.1) is 0 Å². The minimum Gasteiger partial charge on any atom is -0.452 e. The second-order valence-corrected chi connectivity index (χ2v) is 7.87. The van der Waals surface area contributed by atoms with Gasteiger partial charge in [0, 0.05) is 20.6 Å². The van der Waals surface area contributed by atoms with Gasteiger partial charge in [0.1, 0.15) is 0 Å². The summed E-state index contributed by atoms with van der Waals surface area (Å²) in [5.74, 6) is -1.07. The van der Waals surface area contributed by atoms with Crippen LogP contribution in [0.2, 0.25) is 0 Å². The van der Waals surface area contributed by atoms with Crippen LogP contribution in [0.5, 0.6) is 0 Å². The number of hydroxylamine groups is 1. The van der Waals surface area contributed by atoms with Gasteiger partial charge in [0.05, 0.1) is 17.6 Å². The molecule has 2 aromatic carbocycles. The van der Waals surface area contributed by atoms with Gasteiger partial charge in [-0.05, 0) is 29.8 Å². The number of likely N-dealkylation sites (N-methyl/N-ethyl adjacent to an activating group) is 1. The fraction of sp³-hybridized carbons (Fsp3) is 0.263. The van der Waals surface area contributed by atoms with Crippen molar-refractivity contribution in [3.05, 3.63) is 65.7 Å². The van der Waals surface area contributed by atoms with Gasteiger partial charge in [-0.2, -0.15) is 0 Å². The second kappa shape index (κ2) is 9.45. The molecule has 150 valence electrons. The number of benzene rings is 2. The molecular formula is C19H22N2O6S. The Morgan fingerprint density at radius 1 is 0.964 bits per heavy atom. The van der Waals surface area contributed by atoms with E-state index >= 15 is 0 Å². The number of hydrogen-bond acceptors (Lipinski definition) is 6. The van der Waals surface area contributed by atoms with Crippen LogP contribution < -0.4 is 0 Å². The van der Waals surface area contributed by atoms with Gasteiger partial charge in [0.2, 0.25) is 0 Å². The largest absolute Gasteiger partial charge is 0.452 e. The van der Waals surface area contributed by atoms with Gasteiger partial charge < -0.3 is 9.64 Å². The second-order valence-electron chi connectivity index (χ2n) is 5.93. The number of carbonyl (C=O) groups is 2. The third kappa shape index (κ3) is 5.38. The lowest BCUT2D eigenvalue weighted by Gasteiger charge is -2.17. The van der Waals surface area contributed by atoms with E-state index in [1.807, 2.05) is 30.3 Å². The molecule has 0 aromatic heterocycles. The number of hydrogen-bond donors (Lipinski definition) is 0. The van der Waals surface area contributed by atoms with Crippen LogP contribution in [0.25, 0.3) is 0 Å². The average Bonchev–Trinajstić information content (AvgIpc) is 2.71. The molecule has 1 amide bonds. The van der Waals surface area contributed by atoms with E-state index in [-0.39, 0.29) is 16.4 Å². The molecule has 0 unspecified atom stereocenters. The summed E-state index contributed by atoms with van der Waals surface area (Å²) in [6, 6.07) is 14.6. The predicted molar refractivity (Wildman–Crippen MR) is 102 cm³/mol. The maximum Gasteiger partial charge on any atom is 0.338 e. The first-order chi connectivity index (χ1) is 13.3. The number of esters is 1.